The lowest BCUT2D eigenvalue weighted by Crippen LogP contribution is -2.40. The number of halogens is 1. The molecule has 1 aromatic rings. The molecule has 118 valence electrons. The number of rotatable bonds is 5. The van der Waals surface area contributed by atoms with Gasteiger partial charge in [0.1, 0.15) is 5.82 Å². The molecular weight excluding hydrogens is 299 g/mol. The third-order valence-electron chi connectivity index (χ3n) is 4.43. The Morgan fingerprint density at radius 3 is 3.00 bits per heavy atom. The van der Waals surface area contributed by atoms with Crippen molar-refractivity contribution < 1.29 is 9.13 Å². The van der Waals surface area contributed by atoms with Gasteiger partial charge in [-0.1, -0.05) is 0 Å². The molecule has 3 rings (SSSR count). The minimum Gasteiger partial charge on any atom is -0.377 e. The van der Waals surface area contributed by atoms with Crippen molar-refractivity contribution in [1.82, 2.24) is 4.90 Å². The molecule has 22 heavy (non-hydrogen) atoms. The van der Waals surface area contributed by atoms with Gasteiger partial charge < -0.3 is 4.74 Å². The zero-order valence-electron chi connectivity index (χ0n) is 12.6. The van der Waals surface area contributed by atoms with Crippen LogP contribution in [0.1, 0.15) is 30.4 Å². The molecule has 2 unspecified atom stereocenters. The van der Waals surface area contributed by atoms with Gasteiger partial charge in [-0.2, -0.15) is 17.0 Å². The van der Waals surface area contributed by atoms with Gasteiger partial charge in [-0.05, 0) is 43.2 Å². The molecule has 0 radical (unpaired) electrons. The minimum atomic E-state index is -0.220. The van der Waals surface area contributed by atoms with Gasteiger partial charge in [0.25, 0.3) is 0 Å². The number of nitrogens with zero attached hydrogens (tertiary/aromatic N) is 2. The molecule has 3 nitrogen and oxygen atoms in total. The molecule has 2 saturated heterocycles. The highest BCUT2D eigenvalue weighted by Gasteiger charge is 2.28. The first-order valence-corrected chi connectivity index (χ1v) is 9.03. The van der Waals surface area contributed by atoms with E-state index in [9.17, 15) is 4.39 Å². The molecule has 1 aromatic carbocycles. The molecule has 0 aromatic heterocycles. The van der Waals surface area contributed by atoms with E-state index < -0.39 is 0 Å². The molecule has 0 aliphatic carbocycles. The van der Waals surface area contributed by atoms with Crippen molar-refractivity contribution in [2.45, 2.75) is 38.0 Å². The molecular formula is C17H21FN2OS. The molecule has 2 aliphatic rings. The van der Waals surface area contributed by atoms with E-state index in [1.807, 2.05) is 11.8 Å². The Morgan fingerprint density at radius 1 is 1.41 bits per heavy atom. The summed E-state index contributed by atoms with van der Waals surface area (Å²) in [4.78, 5) is 2.36. The molecule has 2 atom stereocenters. The third-order valence-corrected chi connectivity index (χ3v) is 5.58. The first-order chi connectivity index (χ1) is 10.8. The van der Waals surface area contributed by atoms with Crippen LogP contribution in [-0.4, -0.2) is 41.7 Å². The molecule has 0 amide bonds. The van der Waals surface area contributed by atoms with Crippen molar-refractivity contribution in [1.29, 1.82) is 5.26 Å². The third kappa shape index (κ3) is 3.81. The van der Waals surface area contributed by atoms with Crippen molar-refractivity contribution in [3.8, 4) is 6.07 Å². The Kier molecular flexibility index (Phi) is 5.35. The summed E-state index contributed by atoms with van der Waals surface area (Å²) < 4.78 is 19.9. The molecule has 0 bridgehead atoms. The van der Waals surface area contributed by atoms with E-state index in [1.165, 1.54) is 17.9 Å². The van der Waals surface area contributed by atoms with Crippen LogP contribution < -0.4 is 0 Å². The average Bonchev–Trinajstić information content (AvgIpc) is 3.21. The van der Waals surface area contributed by atoms with Crippen LogP contribution in [0.25, 0.3) is 0 Å². The summed E-state index contributed by atoms with van der Waals surface area (Å²) in [5, 5.41) is 9.02. The van der Waals surface area contributed by atoms with Crippen molar-refractivity contribution in [3.63, 3.8) is 0 Å². The summed E-state index contributed by atoms with van der Waals surface area (Å²) in [7, 11) is 0. The molecule has 2 fully saturated rings. The molecule has 5 heteroatoms. The van der Waals surface area contributed by atoms with E-state index >= 15 is 0 Å². The number of benzene rings is 1. The Balaban J connectivity index is 1.75. The zero-order chi connectivity index (χ0) is 15.4. The van der Waals surface area contributed by atoms with Gasteiger partial charge in [-0.25, -0.2) is 4.39 Å². The van der Waals surface area contributed by atoms with Gasteiger partial charge in [0.15, 0.2) is 0 Å². The Hall–Kier alpha value is -1.09. The topological polar surface area (TPSA) is 36.3 Å². The molecule has 2 aliphatic heterocycles. The van der Waals surface area contributed by atoms with Gasteiger partial charge in [0, 0.05) is 37.1 Å². The number of nitriles is 1. The second kappa shape index (κ2) is 7.45. The lowest BCUT2D eigenvalue weighted by Gasteiger charge is -2.30. The Labute approximate surface area is 135 Å². The zero-order valence-corrected chi connectivity index (χ0v) is 13.4. The lowest BCUT2D eigenvalue weighted by atomic mass is 10.1. The van der Waals surface area contributed by atoms with Crippen LogP contribution >= 0.6 is 11.8 Å². The highest BCUT2D eigenvalue weighted by atomic mass is 32.2. The first kappa shape index (κ1) is 15.8. The average molecular weight is 320 g/mol. The Bertz CT molecular complexity index is 548. The largest absolute Gasteiger partial charge is 0.377 e. The molecule has 0 spiro atoms. The smallest absolute Gasteiger partial charge is 0.127 e. The lowest BCUT2D eigenvalue weighted by molar-refractivity contribution is 0.0571. The van der Waals surface area contributed by atoms with Crippen molar-refractivity contribution in [3.05, 3.63) is 35.1 Å². The highest BCUT2D eigenvalue weighted by molar-refractivity contribution is 7.99. The second-order valence-electron chi connectivity index (χ2n) is 6.00. The number of thioether (sulfide) groups is 1. The summed E-state index contributed by atoms with van der Waals surface area (Å²) in [5.74, 6) is 2.06. The van der Waals surface area contributed by atoms with Crippen LogP contribution in [0.5, 0.6) is 0 Å². The van der Waals surface area contributed by atoms with E-state index in [0.29, 0.717) is 23.7 Å². The summed E-state index contributed by atoms with van der Waals surface area (Å²) >= 11 is 1.96. The predicted octanol–water partition coefficient (Wildman–Crippen LogP) is 3.18. The van der Waals surface area contributed by atoms with E-state index in [4.69, 9.17) is 10.00 Å². The van der Waals surface area contributed by atoms with Crippen LogP contribution in [0.15, 0.2) is 18.2 Å². The summed E-state index contributed by atoms with van der Waals surface area (Å²) in [6.07, 6.45) is 3.64. The fraction of sp³-hybridized carbons (Fsp3) is 0.588. The van der Waals surface area contributed by atoms with Gasteiger partial charge >= 0.3 is 0 Å². The molecule has 0 N–H and O–H groups in total. The van der Waals surface area contributed by atoms with Crippen LogP contribution in [0.3, 0.4) is 0 Å². The predicted molar refractivity (Wildman–Crippen MR) is 86.2 cm³/mol. The first-order valence-electron chi connectivity index (χ1n) is 7.88. The number of ether oxygens (including phenoxy) is 1. The summed E-state index contributed by atoms with van der Waals surface area (Å²) in [6, 6.07) is 7.20. The van der Waals surface area contributed by atoms with Crippen LogP contribution in [0.2, 0.25) is 0 Å². The monoisotopic (exact) mass is 320 g/mol. The van der Waals surface area contributed by atoms with Crippen LogP contribution in [-0.2, 0) is 11.3 Å². The van der Waals surface area contributed by atoms with Crippen molar-refractivity contribution >= 4 is 11.8 Å². The standard InChI is InChI=1S/C17H21FN2OS/c18-17-4-3-13(9-19)8-14(17)10-20(15-5-7-22-12-15)11-16-2-1-6-21-16/h3-4,8,15-16H,1-2,5-7,10-12H2. The SMILES string of the molecule is N#Cc1ccc(F)c(CN(CC2CCCO2)C2CCSC2)c1. The normalized spacial score (nSPS) is 24.8. The van der Waals surface area contributed by atoms with Crippen molar-refractivity contribution in [2.24, 2.45) is 0 Å². The summed E-state index contributed by atoms with van der Waals surface area (Å²) in [6.45, 7) is 2.27. The van der Waals surface area contributed by atoms with E-state index in [1.54, 1.807) is 6.07 Å². The maximum absolute atomic E-state index is 14.1. The molecule has 2 heterocycles. The van der Waals surface area contributed by atoms with Crippen LogP contribution in [0.4, 0.5) is 4.39 Å². The quantitative estimate of drug-likeness (QED) is 0.835. The van der Waals surface area contributed by atoms with Gasteiger partial charge in [0.2, 0.25) is 0 Å². The fourth-order valence-electron chi connectivity index (χ4n) is 3.19. The van der Waals surface area contributed by atoms with E-state index in [-0.39, 0.29) is 11.9 Å². The fourth-order valence-corrected chi connectivity index (χ4v) is 4.44. The van der Waals surface area contributed by atoms with Gasteiger partial charge in [-0.3, -0.25) is 4.90 Å². The van der Waals surface area contributed by atoms with Gasteiger partial charge in [0.05, 0.1) is 17.7 Å². The highest BCUT2D eigenvalue weighted by Crippen LogP contribution is 2.26. The molecule has 0 saturated carbocycles. The number of hydrogen-bond donors (Lipinski definition) is 0. The van der Waals surface area contributed by atoms with Crippen molar-refractivity contribution in [2.75, 3.05) is 24.7 Å². The summed E-state index contributed by atoms with van der Waals surface area (Å²) in [5.41, 5.74) is 1.14. The maximum Gasteiger partial charge on any atom is 0.127 e. The van der Waals surface area contributed by atoms with Crippen LogP contribution in [0, 0.1) is 17.1 Å². The maximum atomic E-state index is 14.1. The van der Waals surface area contributed by atoms with E-state index in [0.717, 1.165) is 38.2 Å². The Morgan fingerprint density at radius 2 is 2.32 bits per heavy atom. The van der Waals surface area contributed by atoms with Gasteiger partial charge in [-0.15, -0.1) is 0 Å². The minimum absolute atomic E-state index is 0.220. The number of hydrogen-bond acceptors (Lipinski definition) is 4. The second-order valence-corrected chi connectivity index (χ2v) is 7.15. The van der Waals surface area contributed by atoms with E-state index in [2.05, 4.69) is 11.0 Å².